The quantitative estimate of drug-likeness (QED) is 0.634. The number of aliphatic hydroxyl groups excluding tert-OH is 1. The summed E-state index contributed by atoms with van der Waals surface area (Å²) in [6.07, 6.45) is 2.82. The van der Waals surface area contributed by atoms with Crippen LogP contribution in [0.15, 0.2) is 0 Å². The van der Waals surface area contributed by atoms with Crippen molar-refractivity contribution in [2.45, 2.75) is 26.2 Å². The molecule has 0 rings (SSSR count). The zero-order valence-electron chi connectivity index (χ0n) is 6.51. The first-order chi connectivity index (χ1) is 4.81. The first kappa shape index (κ1) is 10.1. The molecule has 1 unspecified atom stereocenters. The van der Waals surface area contributed by atoms with E-state index in [1.165, 1.54) is 0 Å². The second-order valence-electron chi connectivity index (χ2n) is 2.28. The van der Waals surface area contributed by atoms with Crippen molar-refractivity contribution in [1.29, 1.82) is 0 Å². The van der Waals surface area contributed by atoms with Gasteiger partial charge in [-0.3, -0.25) is 4.21 Å². The van der Waals surface area contributed by atoms with Crippen molar-refractivity contribution in [2.75, 3.05) is 18.1 Å². The molecule has 0 aliphatic heterocycles. The van der Waals surface area contributed by atoms with Crippen LogP contribution in [-0.2, 0) is 10.8 Å². The maximum absolute atomic E-state index is 11.0. The molecule has 0 fully saturated rings. The van der Waals surface area contributed by atoms with Crippen molar-refractivity contribution in [1.82, 2.24) is 0 Å². The number of hydrogen-bond donors (Lipinski definition) is 1. The van der Waals surface area contributed by atoms with Crippen LogP contribution < -0.4 is 0 Å². The van der Waals surface area contributed by atoms with E-state index in [9.17, 15) is 4.21 Å². The number of aliphatic hydroxyl groups is 1. The molecule has 0 radical (unpaired) electrons. The van der Waals surface area contributed by atoms with Gasteiger partial charge in [-0.15, -0.1) is 0 Å². The van der Waals surface area contributed by atoms with Crippen LogP contribution in [0.2, 0.25) is 0 Å². The largest absolute Gasteiger partial charge is 0.396 e. The molecule has 0 saturated heterocycles. The summed E-state index contributed by atoms with van der Waals surface area (Å²) < 4.78 is 11.0. The molecule has 0 heterocycles. The maximum atomic E-state index is 11.0. The lowest BCUT2D eigenvalue weighted by Gasteiger charge is -1.97. The first-order valence-electron chi connectivity index (χ1n) is 3.77. The summed E-state index contributed by atoms with van der Waals surface area (Å²) in [5.41, 5.74) is 0. The predicted octanol–water partition coefficient (Wildman–Crippen LogP) is 0.918. The highest BCUT2D eigenvalue weighted by Crippen LogP contribution is 1.93. The molecule has 2 nitrogen and oxygen atoms in total. The average molecular weight is 164 g/mol. The number of unbranched alkanes of at least 4 members (excludes halogenated alkanes) is 1. The highest BCUT2D eigenvalue weighted by molar-refractivity contribution is 7.84. The van der Waals surface area contributed by atoms with Gasteiger partial charge in [-0.25, -0.2) is 0 Å². The van der Waals surface area contributed by atoms with E-state index in [1.807, 2.05) is 0 Å². The molecule has 10 heavy (non-hydrogen) atoms. The monoisotopic (exact) mass is 164 g/mol. The minimum atomic E-state index is -0.680. The first-order valence-corrected chi connectivity index (χ1v) is 5.26. The van der Waals surface area contributed by atoms with Crippen molar-refractivity contribution in [3.8, 4) is 0 Å². The number of hydrogen-bond acceptors (Lipinski definition) is 2. The van der Waals surface area contributed by atoms with Crippen LogP contribution in [0.1, 0.15) is 26.2 Å². The molecular weight excluding hydrogens is 148 g/mol. The molecule has 0 aliphatic carbocycles. The minimum Gasteiger partial charge on any atom is -0.396 e. The van der Waals surface area contributed by atoms with Crippen LogP contribution in [0.5, 0.6) is 0 Å². The average Bonchev–Trinajstić information content (AvgIpc) is 1.97. The molecule has 0 aromatic rings. The van der Waals surface area contributed by atoms with Crippen molar-refractivity contribution < 1.29 is 9.32 Å². The molecule has 0 bridgehead atoms. The lowest BCUT2D eigenvalue weighted by molar-refractivity contribution is 0.296. The van der Waals surface area contributed by atoms with E-state index >= 15 is 0 Å². The zero-order chi connectivity index (χ0) is 7.82. The van der Waals surface area contributed by atoms with Crippen molar-refractivity contribution >= 4 is 10.8 Å². The Morgan fingerprint density at radius 3 is 2.40 bits per heavy atom. The number of rotatable bonds is 6. The van der Waals surface area contributed by atoms with Crippen molar-refractivity contribution in [3.63, 3.8) is 0 Å². The van der Waals surface area contributed by atoms with Gasteiger partial charge >= 0.3 is 0 Å². The Balaban J connectivity index is 3.09. The van der Waals surface area contributed by atoms with Crippen LogP contribution in [0.3, 0.4) is 0 Å². The lowest BCUT2D eigenvalue weighted by atomic mass is 10.4. The maximum Gasteiger partial charge on any atom is 0.0439 e. The predicted molar refractivity (Wildman–Crippen MR) is 44.5 cm³/mol. The van der Waals surface area contributed by atoms with Gasteiger partial charge in [0.25, 0.3) is 0 Å². The summed E-state index contributed by atoms with van der Waals surface area (Å²) in [5.74, 6) is 1.47. The van der Waals surface area contributed by atoms with Crippen LogP contribution in [-0.4, -0.2) is 27.4 Å². The van der Waals surface area contributed by atoms with Crippen LogP contribution in [0, 0.1) is 0 Å². The van der Waals surface area contributed by atoms with Gasteiger partial charge in [0.2, 0.25) is 0 Å². The summed E-state index contributed by atoms with van der Waals surface area (Å²) in [7, 11) is -0.680. The standard InChI is InChI=1S/C7H16O2S/c1-2-3-6-10(9)7-4-5-8/h8H,2-7H2,1H3. The van der Waals surface area contributed by atoms with Gasteiger partial charge in [0.1, 0.15) is 0 Å². The SMILES string of the molecule is CCCCS(=O)CCCO. The van der Waals surface area contributed by atoms with E-state index in [-0.39, 0.29) is 6.61 Å². The molecule has 0 aromatic carbocycles. The molecular formula is C7H16O2S. The highest BCUT2D eigenvalue weighted by atomic mass is 32.2. The molecule has 0 aromatic heterocycles. The minimum absolute atomic E-state index is 0.165. The van der Waals surface area contributed by atoms with Gasteiger partial charge in [0, 0.05) is 28.9 Å². The molecule has 0 amide bonds. The normalized spacial score (nSPS) is 13.4. The van der Waals surface area contributed by atoms with E-state index < -0.39 is 10.8 Å². The van der Waals surface area contributed by atoms with Gasteiger partial charge < -0.3 is 5.11 Å². The Hall–Kier alpha value is 0.110. The summed E-state index contributed by atoms with van der Waals surface area (Å²) in [4.78, 5) is 0. The Morgan fingerprint density at radius 2 is 1.90 bits per heavy atom. The third-order valence-corrected chi connectivity index (χ3v) is 2.74. The smallest absolute Gasteiger partial charge is 0.0439 e. The van der Waals surface area contributed by atoms with E-state index in [2.05, 4.69) is 6.92 Å². The second kappa shape index (κ2) is 7.22. The van der Waals surface area contributed by atoms with E-state index in [0.29, 0.717) is 12.2 Å². The topological polar surface area (TPSA) is 37.3 Å². The van der Waals surface area contributed by atoms with Crippen LogP contribution in [0.25, 0.3) is 0 Å². The molecule has 0 aliphatic rings. The summed E-state index contributed by atoms with van der Waals surface area (Å²) >= 11 is 0. The van der Waals surface area contributed by atoms with Crippen molar-refractivity contribution in [3.05, 3.63) is 0 Å². The molecule has 0 saturated carbocycles. The van der Waals surface area contributed by atoms with Crippen molar-refractivity contribution in [2.24, 2.45) is 0 Å². The van der Waals surface area contributed by atoms with Gasteiger partial charge in [-0.1, -0.05) is 13.3 Å². The molecule has 1 atom stereocenters. The van der Waals surface area contributed by atoms with Gasteiger partial charge in [0.05, 0.1) is 0 Å². The molecule has 62 valence electrons. The summed E-state index contributed by atoms with van der Waals surface area (Å²) in [6, 6.07) is 0. The fourth-order valence-electron chi connectivity index (χ4n) is 0.633. The van der Waals surface area contributed by atoms with Gasteiger partial charge in [-0.05, 0) is 12.8 Å². The van der Waals surface area contributed by atoms with E-state index in [1.54, 1.807) is 0 Å². The fourth-order valence-corrected chi connectivity index (χ4v) is 1.90. The van der Waals surface area contributed by atoms with E-state index in [0.717, 1.165) is 18.6 Å². The Morgan fingerprint density at radius 1 is 1.30 bits per heavy atom. The van der Waals surface area contributed by atoms with Crippen LogP contribution >= 0.6 is 0 Å². The highest BCUT2D eigenvalue weighted by Gasteiger charge is 1.96. The molecule has 3 heteroatoms. The van der Waals surface area contributed by atoms with Crippen LogP contribution in [0.4, 0.5) is 0 Å². The Labute approximate surface area is 65.1 Å². The zero-order valence-corrected chi connectivity index (χ0v) is 7.32. The molecule has 1 N–H and O–H groups in total. The third kappa shape index (κ3) is 6.23. The molecule has 0 spiro atoms. The Kier molecular flexibility index (Phi) is 7.30. The van der Waals surface area contributed by atoms with E-state index in [4.69, 9.17) is 5.11 Å². The second-order valence-corrected chi connectivity index (χ2v) is 3.97. The lowest BCUT2D eigenvalue weighted by Crippen LogP contribution is -2.03. The summed E-state index contributed by atoms with van der Waals surface area (Å²) in [6.45, 7) is 2.25. The van der Waals surface area contributed by atoms with Gasteiger partial charge in [0.15, 0.2) is 0 Å². The summed E-state index contributed by atoms with van der Waals surface area (Å²) in [5, 5.41) is 8.41. The third-order valence-electron chi connectivity index (χ3n) is 1.26. The van der Waals surface area contributed by atoms with Gasteiger partial charge in [-0.2, -0.15) is 0 Å². The fraction of sp³-hybridized carbons (Fsp3) is 1.00. The Bertz CT molecular complexity index is 83.6.